The first-order valence-corrected chi connectivity index (χ1v) is 17.6. The van der Waals surface area contributed by atoms with Crippen LogP contribution < -0.4 is 10.1 Å². The molecule has 1 N–H and O–H groups in total. The summed E-state index contributed by atoms with van der Waals surface area (Å²) in [5.74, 6) is 0.943. The lowest BCUT2D eigenvalue weighted by Gasteiger charge is -2.26. The number of ether oxygens (including phenoxy) is 2. The number of benzene rings is 1. The van der Waals surface area contributed by atoms with Gasteiger partial charge in [-0.15, -0.1) is 0 Å². The van der Waals surface area contributed by atoms with Crippen LogP contribution in [0.3, 0.4) is 0 Å². The lowest BCUT2D eigenvalue weighted by atomic mass is 9.86. The van der Waals surface area contributed by atoms with Gasteiger partial charge in [0, 0.05) is 50.9 Å². The first-order chi connectivity index (χ1) is 15.9. The van der Waals surface area contributed by atoms with Gasteiger partial charge in [0.25, 0.3) is 5.91 Å². The molecule has 2 aromatic rings. The van der Waals surface area contributed by atoms with Gasteiger partial charge < -0.3 is 19.4 Å². The van der Waals surface area contributed by atoms with Crippen molar-refractivity contribution >= 4 is 23.8 Å². The number of hydrogen-bond acceptors (Lipinski definition) is 5. The summed E-state index contributed by atoms with van der Waals surface area (Å²) in [6.07, 6.45) is 5.53. The van der Waals surface area contributed by atoms with Crippen molar-refractivity contribution < 1.29 is 22.7 Å². The van der Waals surface area contributed by atoms with Gasteiger partial charge in [0.1, 0.15) is 12.5 Å². The third-order valence-corrected chi connectivity index (χ3v) is 9.44. The largest absolute Gasteiger partial charge is 0.493 e. The van der Waals surface area contributed by atoms with Crippen molar-refractivity contribution in [1.82, 2.24) is 9.88 Å². The van der Waals surface area contributed by atoms with Crippen molar-refractivity contribution in [3.8, 4) is 5.75 Å². The fraction of sp³-hybridized carbons (Fsp3) is 0.560. The summed E-state index contributed by atoms with van der Waals surface area (Å²) in [6, 6.07) is 6.15. The fourth-order valence-corrected chi connectivity index (χ4v) is 5.65. The summed E-state index contributed by atoms with van der Waals surface area (Å²) in [5, 5.41) is 3.00. The highest BCUT2D eigenvalue weighted by atomic mass is 32.2. The number of carbonyl (C=O) groups is 1. The van der Waals surface area contributed by atoms with E-state index in [9.17, 15) is 13.2 Å². The molecule has 1 aliphatic carbocycles. The van der Waals surface area contributed by atoms with Crippen LogP contribution in [-0.4, -0.2) is 53.0 Å². The Morgan fingerprint density at radius 3 is 2.56 bits per heavy atom. The van der Waals surface area contributed by atoms with Gasteiger partial charge in [-0.25, -0.2) is 8.42 Å². The van der Waals surface area contributed by atoms with E-state index in [0.29, 0.717) is 43.7 Å². The molecule has 2 heterocycles. The molecule has 0 spiro atoms. The normalized spacial score (nSPS) is 18.5. The average Bonchev–Trinajstić information content (AvgIpc) is 3.51. The van der Waals surface area contributed by atoms with E-state index in [-0.39, 0.29) is 16.7 Å². The van der Waals surface area contributed by atoms with Gasteiger partial charge in [0.15, 0.2) is 9.84 Å². The van der Waals surface area contributed by atoms with E-state index in [0.717, 1.165) is 22.9 Å². The molecule has 1 fully saturated rings. The highest BCUT2D eigenvalue weighted by molar-refractivity contribution is 7.90. The lowest BCUT2D eigenvalue weighted by molar-refractivity contribution is 0.0857. The van der Waals surface area contributed by atoms with Crippen molar-refractivity contribution in [2.45, 2.75) is 63.0 Å². The average molecular weight is 505 g/mol. The number of nitrogens with one attached hydrogen (secondary N) is 1. The van der Waals surface area contributed by atoms with Gasteiger partial charge in [0.05, 0.1) is 17.1 Å². The van der Waals surface area contributed by atoms with Crippen LogP contribution in [0.5, 0.6) is 5.75 Å². The second-order valence-corrected chi connectivity index (χ2v) is 18.5. The monoisotopic (exact) mass is 504 g/mol. The number of rotatable bonds is 10. The Labute approximate surface area is 203 Å². The lowest BCUT2D eigenvalue weighted by Crippen LogP contribution is -2.35. The zero-order chi connectivity index (χ0) is 24.7. The van der Waals surface area contributed by atoms with Crippen molar-refractivity contribution in [2.75, 3.05) is 26.0 Å². The van der Waals surface area contributed by atoms with Crippen LogP contribution in [0.15, 0.2) is 29.3 Å². The van der Waals surface area contributed by atoms with Gasteiger partial charge >= 0.3 is 0 Å². The minimum atomic E-state index is -3.38. The minimum Gasteiger partial charge on any atom is -0.493 e. The number of hydrogen-bond donors (Lipinski definition) is 1. The molecule has 1 saturated carbocycles. The maximum atomic E-state index is 12.8. The molecule has 186 valence electrons. The molecule has 4 rings (SSSR count). The molecule has 0 radical (unpaired) electrons. The third-order valence-electron chi connectivity index (χ3n) is 6.63. The first kappa shape index (κ1) is 25.0. The van der Waals surface area contributed by atoms with Crippen LogP contribution in [0.1, 0.15) is 45.9 Å². The van der Waals surface area contributed by atoms with Crippen molar-refractivity contribution in [3.63, 3.8) is 0 Å². The predicted octanol–water partition coefficient (Wildman–Crippen LogP) is 4.18. The zero-order valence-corrected chi connectivity index (χ0v) is 22.6. The molecular weight excluding hydrogens is 468 g/mol. The van der Waals surface area contributed by atoms with E-state index in [1.165, 1.54) is 19.1 Å². The number of aromatic nitrogens is 1. The second-order valence-electron chi connectivity index (χ2n) is 10.9. The molecule has 1 atom stereocenters. The molecule has 0 bridgehead atoms. The summed E-state index contributed by atoms with van der Waals surface area (Å²) in [4.78, 5) is 13.1. The summed E-state index contributed by atoms with van der Waals surface area (Å²) in [6.45, 7) is 11.0. The molecule has 34 heavy (non-hydrogen) atoms. The molecule has 1 unspecified atom stereocenters. The molecule has 9 heteroatoms. The number of fused-ring (bicyclic) bond motifs is 1. The minimum absolute atomic E-state index is 0.107. The summed E-state index contributed by atoms with van der Waals surface area (Å²) >= 11 is 0. The van der Waals surface area contributed by atoms with Crippen molar-refractivity contribution in [3.05, 3.63) is 46.8 Å². The zero-order valence-electron chi connectivity index (χ0n) is 20.8. The van der Waals surface area contributed by atoms with E-state index in [2.05, 4.69) is 25.0 Å². The molecule has 7 nitrogen and oxygen atoms in total. The van der Waals surface area contributed by atoms with Gasteiger partial charge in [-0.3, -0.25) is 4.79 Å². The number of amides is 1. The maximum absolute atomic E-state index is 12.8. The Bertz CT molecular complexity index is 1180. The highest BCUT2D eigenvalue weighted by Crippen LogP contribution is 2.39. The quantitative estimate of drug-likeness (QED) is 0.388. The number of nitrogens with zero attached hydrogens (tertiary/aromatic N) is 1. The maximum Gasteiger partial charge on any atom is 0.253 e. The molecule has 1 amide bonds. The molecule has 1 aromatic carbocycles. The standard InChI is InChI=1S/C25H36N2O5SSi/c1-17-24-22(14-27(17)16-31-10-11-34(3,4)5)21(13-26-25(24)28)20-12-19(33(2,29)30)8-9-23(20)32-15-18-6-7-18/h8-9,12,14,18,21H,6-7,10-11,13,15-16H2,1-5H3,(H,26,28). The molecule has 1 aliphatic heterocycles. The van der Waals surface area contributed by atoms with Crippen LogP contribution in [0.25, 0.3) is 0 Å². The Kier molecular flexibility index (Phi) is 6.99. The van der Waals surface area contributed by atoms with Gasteiger partial charge in [-0.05, 0) is 55.5 Å². The SMILES string of the molecule is Cc1c2c(cn1COCC[Si](C)(C)C)C(c1cc(S(C)(=O)=O)ccc1OCC1CC1)CNC2=O. The van der Waals surface area contributed by atoms with Crippen molar-refractivity contribution in [1.29, 1.82) is 0 Å². The van der Waals surface area contributed by atoms with E-state index >= 15 is 0 Å². The Morgan fingerprint density at radius 2 is 1.91 bits per heavy atom. The van der Waals surface area contributed by atoms with Crippen LogP contribution in [0.2, 0.25) is 25.7 Å². The van der Waals surface area contributed by atoms with Crippen molar-refractivity contribution in [2.24, 2.45) is 5.92 Å². The van der Waals surface area contributed by atoms with Crippen LogP contribution in [0, 0.1) is 12.8 Å². The first-order valence-electron chi connectivity index (χ1n) is 12.0. The smallest absolute Gasteiger partial charge is 0.253 e. The molecule has 2 aliphatic rings. The summed E-state index contributed by atoms with van der Waals surface area (Å²) < 4.78 is 38.7. The van der Waals surface area contributed by atoms with Gasteiger partial charge in [-0.2, -0.15) is 0 Å². The Balaban J connectivity index is 1.67. The molecule has 0 saturated heterocycles. The van der Waals surface area contributed by atoms with Crippen LogP contribution in [-0.2, 0) is 21.3 Å². The third kappa shape index (κ3) is 5.75. The molecule has 1 aromatic heterocycles. The van der Waals surface area contributed by atoms with Crippen LogP contribution in [0.4, 0.5) is 0 Å². The number of sulfone groups is 1. The second kappa shape index (κ2) is 9.51. The summed E-state index contributed by atoms with van der Waals surface area (Å²) in [7, 11) is -4.57. The predicted molar refractivity (Wildman–Crippen MR) is 135 cm³/mol. The Hall–Kier alpha value is -2.10. The van der Waals surface area contributed by atoms with Gasteiger partial charge in [-0.1, -0.05) is 19.6 Å². The molecular formula is C25H36N2O5SSi. The summed E-state index contributed by atoms with van der Waals surface area (Å²) in [5.41, 5.74) is 3.17. The topological polar surface area (TPSA) is 86.6 Å². The highest BCUT2D eigenvalue weighted by Gasteiger charge is 2.33. The Morgan fingerprint density at radius 1 is 1.18 bits per heavy atom. The van der Waals surface area contributed by atoms with E-state index in [1.807, 2.05) is 17.7 Å². The fourth-order valence-electron chi connectivity index (χ4n) is 4.24. The van der Waals surface area contributed by atoms with Gasteiger partial charge in [0.2, 0.25) is 0 Å². The van der Waals surface area contributed by atoms with Crippen LogP contribution >= 0.6 is 0 Å². The van der Waals surface area contributed by atoms with E-state index in [1.54, 1.807) is 18.2 Å². The van der Waals surface area contributed by atoms with E-state index < -0.39 is 17.9 Å². The van der Waals surface area contributed by atoms with E-state index in [4.69, 9.17) is 9.47 Å². The number of carbonyl (C=O) groups excluding carboxylic acids is 1.